The zero-order valence-electron chi connectivity index (χ0n) is 12.7. The molecule has 0 aromatic heterocycles. The van der Waals surface area contributed by atoms with E-state index in [1.807, 2.05) is 40.0 Å². The quantitative estimate of drug-likeness (QED) is 0.929. The molecule has 0 bridgehead atoms. The maximum atomic E-state index is 12.7. The number of rotatable bonds is 4. The van der Waals surface area contributed by atoms with E-state index in [0.29, 0.717) is 11.4 Å². The Balaban J connectivity index is 2.31. The number of hydrogen-bond donors (Lipinski definition) is 1. The molecular formula is C15H24N2O2S. The largest absolute Gasteiger partial charge is 0.313 e. The van der Waals surface area contributed by atoms with E-state index >= 15 is 0 Å². The number of benzene rings is 1. The second kappa shape index (κ2) is 5.47. The highest BCUT2D eigenvalue weighted by Crippen LogP contribution is 2.34. The molecule has 5 heteroatoms. The topological polar surface area (TPSA) is 49.4 Å². The number of hydrogen-bond acceptors (Lipinski definition) is 3. The lowest BCUT2D eigenvalue weighted by molar-refractivity contribution is 0.291. The smallest absolute Gasteiger partial charge is 0.243 e. The van der Waals surface area contributed by atoms with Gasteiger partial charge < -0.3 is 5.32 Å². The molecule has 4 nitrogen and oxygen atoms in total. The molecule has 1 fully saturated rings. The molecule has 0 spiro atoms. The molecule has 1 aromatic carbocycles. The average Bonchev–Trinajstić information content (AvgIpc) is 2.78. The van der Waals surface area contributed by atoms with Gasteiger partial charge in [-0.2, -0.15) is 4.31 Å². The van der Waals surface area contributed by atoms with Crippen molar-refractivity contribution in [3.63, 3.8) is 0 Å². The third-order valence-corrected chi connectivity index (χ3v) is 6.35. The minimum atomic E-state index is -3.38. The molecule has 0 amide bonds. The number of sulfonamides is 1. The first-order valence-corrected chi connectivity index (χ1v) is 8.53. The summed E-state index contributed by atoms with van der Waals surface area (Å²) < 4.78 is 27.1. The zero-order valence-corrected chi connectivity index (χ0v) is 13.5. The SMILES string of the molecule is CNC(C)c1ccc(S(=O)(=O)N2CCCC2(C)C)cc1. The number of nitrogens with one attached hydrogen (secondary N) is 1. The lowest BCUT2D eigenvalue weighted by Crippen LogP contribution is -2.42. The standard InChI is InChI=1S/C15H24N2O2S/c1-12(16-4)13-6-8-14(9-7-13)20(18,19)17-11-5-10-15(17,2)3/h6-9,12,16H,5,10-11H2,1-4H3. The lowest BCUT2D eigenvalue weighted by Gasteiger charge is -2.30. The Bertz CT molecular complexity index is 564. The van der Waals surface area contributed by atoms with Crippen molar-refractivity contribution in [1.82, 2.24) is 9.62 Å². The summed E-state index contributed by atoms with van der Waals surface area (Å²) in [6.45, 7) is 6.65. The zero-order chi connectivity index (χ0) is 15.0. The Morgan fingerprint density at radius 1 is 1.25 bits per heavy atom. The molecule has 112 valence electrons. The maximum Gasteiger partial charge on any atom is 0.243 e. The van der Waals surface area contributed by atoms with Crippen LogP contribution in [0.2, 0.25) is 0 Å². The summed E-state index contributed by atoms with van der Waals surface area (Å²) in [6.07, 6.45) is 1.85. The minimum Gasteiger partial charge on any atom is -0.313 e. The first-order chi connectivity index (χ1) is 9.29. The van der Waals surface area contributed by atoms with Crippen molar-refractivity contribution in [2.75, 3.05) is 13.6 Å². The second-order valence-corrected chi connectivity index (χ2v) is 7.93. The van der Waals surface area contributed by atoms with Gasteiger partial charge in [0.25, 0.3) is 0 Å². The van der Waals surface area contributed by atoms with Gasteiger partial charge in [-0.05, 0) is 58.4 Å². The summed E-state index contributed by atoms with van der Waals surface area (Å²) in [7, 11) is -1.49. The number of nitrogens with zero attached hydrogens (tertiary/aromatic N) is 1. The highest BCUT2D eigenvalue weighted by Gasteiger charge is 2.40. The van der Waals surface area contributed by atoms with Crippen molar-refractivity contribution in [3.05, 3.63) is 29.8 Å². The first kappa shape index (κ1) is 15.5. The Labute approximate surface area is 122 Å². The van der Waals surface area contributed by atoms with Crippen molar-refractivity contribution in [2.45, 2.75) is 50.1 Å². The molecule has 0 saturated carbocycles. The first-order valence-electron chi connectivity index (χ1n) is 7.09. The van der Waals surface area contributed by atoms with E-state index in [0.717, 1.165) is 18.4 Å². The van der Waals surface area contributed by atoms with Gasteiger partial charge >= 0.3 is 0 Å². The van der Waals surface area contributed by atoms with Crippen LogP contribution < -0.4 is 5.32 Å². The molecule has 20 heavy (non-hydrogen) atoms. The van der Waals surface area contributed by atoms with Crippen LogP contribution in [0.25, 0.3) is 0 Å². The van der Waals surface area contributed by atoms with Crippen LogP contribution in [0.15, 0.2) is 29.2 Å². The molecular weight excluding hydrogens is 272 g/mol. The fourth-order valence-electron chi connectivity index (χ4n) is 2.75. The predicted molar refractivity (Wildman–Crippen MR) is 81.1 cm³/mol. The molecule has 1 saturated heterocycles. The monoisotopic (exact) mass is 296 g/mol. The summed E-state index contributed by atoms with van der Waals surface area (Å²) in [4.78, 5) is 0.388. The molecule has 1 unspecified atom stereocenters. The Hall–Kier alpha value is -0.910. The van der Waals surface area contributed by atoms with Crippen molar-refractivity contribution in [2.24, 2.45) is 0 Å². The van der Waals surface area contributed by atoms with Crippen LogP contribution >= 0.6 is 0 Å². The molecule has 2 rings (SSSR count). The van der Waals surface area contributed by atoms with Gasteiger partial charge in [-0.15, -0.1) is 0 Å². The van der Waals surface area contributed by atoms with Crippen LogP contribution in [0.1, 0.15) is 45.2 Å². The fourth-order valence-corrected chi connectivity index (χ4v) is 4.60. The molecule has 0 aliphatic carbocycles. The predicted octanol–water partition coefficient (Wildman–Crippen LogP) is 2.53. The van der Waals surface area contributed by atoms with Crippen LogP contribution in [-0.2, 0) is 10.0 Å². The molecule has 1 aromatic rings. The van der Waals surface area contributed by atoms with E-state index in [9.17, 15) is 8.42 Å². The van der Waals surface area contributed by atoms with Gasteiger partial charge in [0, 0.05) is 18.1 Å². The van der Waals surface area contributed by atoms with Crippen molar-refractivity contribution in [1.29, 1.82) is 0 Å². The Kier molecular flexibility index (Phi) is 4.23. The van der Waals surface area contributed by atoms with Gasteiger partial charge in [-0.3, -0.25) is 0 Å². The van der Waals surface area contributed by atoms with Gasteiger partial charge in [-0.25, -0.2) is 8.42 Å². The molecule has 1 heterocycles. The maximum absolute atomic E-state index is 12.7. The summed E-state index contributed by atoms with van der Waals surface area (Å²) in [6, 6.07) is 7.42. The van der Waals surface area contributed by atoms with Crippen LogP contribution in [0.4, 0.5) is 0 Å². The molecule has 1 N–H and O–H groups in total. The Morgan fingerprint density at radius 2 is 1.85 bits per heavy atom. The highest BCUT2D eigenvalue weighted by molar-refractivity contribution is 7.89. The second-order valence-electron chi connectivity index (χ2n) is 6.07. The molecule has 1 aliphatic rings. The third kappa shape index (κ3) is 2.75. The van der Waals surface area contributed by atoms with Gasteiger partial charge in [0.15, 0.2) is 0 Å². The molecule has 1 aliphatic heterocycles. The molecule has 0 radical (unpaired) electrons. The normalized spacial score (nSPS) is 21.0. The van der Waals surface area contributed by atoms with Crippen molar-refractivity contribution < 1.29 is 8.42 Å². The van der Waals surface area contributed by atoms with Crippen LogP contribution in [0.3, 0.4) is 0 Å². The summed E-state index contributed by atoms with van der Waals surface area (Å²) in [5.74, 6) is 0. The van der Waals surface area contributed by atoms with Gasteiger partial charge in [0.05, 0.1) is 4.90 Å². The van der Waals surface area contributed by atoms with E-state index in [4.69, 9.17) is 0 Å². The van der Waals surface area contributed by atoms with E-state index < -0.39 is 10.0 Å². The van der Waals surface area contributed by atoms with E-state index in [-0.39, 0.29) is 11.6 Å². The fraction of sp³-hybridized carbons (Fsp3) is 0.600. The van der Waals surface area contributed by atoms with Crippen LogP contribution in [0.5, 0.6) is 0 Å². The van der Waals surface area contributed by atoms with Gasteiger partial charge in [0.2, 0.25) is 10.0 Å². The van der Waals surface area contributed by atoms with Crippen molar-refractivity contribution in [3.8, 4) is 0 Å². The van der Waals surface area contributed by atoms with Gasteiger partial charge in [0.1, 0.15) is 0 Å². The third-order valence-electron chi connectivity index (χ3n) is 4.23. The van der Waals surface area contributed by atoms with Crippen LogP contribution in [-0.4, -0.2) is 31.9 Å². The Morgan fingerprint density at radius 3 is 2.30 bits per heavy atom. The van der Waals surface area contributed by atoms with Gasteiger partial charge in [-0.1, -0.05) is 12.1 Å². The van der Waals surface area contributed by atoms with E-state index in [1.54, 1.807) is 16.4 Å². The molecule has 1 atom stereocenters. The lowest BCUT2D eigenvalue weighted by atomic mass is 10.0. The summed E-state index contributed by atoms with van der Waals surface area (Å²) >= 11 is 0. The van der Waals surface area contributed by atoms with E-state index in [2.05, 4.69) is 5.32 Å². The summed E-state index contributed by atoms with van der Waals surface area (Å²) in [5.41, 5.74) is 0.808. The average molecular weight is 296 g/mol. The van der Waals surface area contributed by atoms with Crippen molar-refractivity contribution >= 4 is 10.0 Å². The minimum absolute atomic E-state index is 0.218. The highest BCUT2D eigenvalue weighted by atomic mass is 32.2. The van der Waals surface area contributed by atoms with E-state index in [1.165, 1.54) is 0 Å². The van der Waals surface area contributed by atoms with Crippen LogP contribution in [0, 0.1) is 0 Å². The summed E-state index contributed by atoms with van der Waals surface area (Å²) in [5, 5.41) is 3.15.